The van der Waals surface area contributed by atoms with Crippen LogP contribution in [-0.4, -0.2) is 82.0 Å². The third-order valence-electron chi connectivity index (χ3n) is 9.93. The molecule has 0 radical (unpaired) electrons. The molecular weight excluding hydrogens is 619 g/mol. The molecule has 6 atom stereocenters. The molecule has 7 heterocycles. The van der Waals surface area contributed by atoms with Crippen LogP contribution in [0, 0.1) is 5.82 Å². The second-order valence-electron chi connectivity index (χ2n) is 12.9. The van der Waals surface area contributed by atoms with Crippen LogP contribution < -0.4 is 19.7 Å². The summed E-state index contributed by atoms with van der Waals surface area (Å²) in [5.74, 6) is -0.805. The number of pyridine rings is 1. The Labute approximate surface area is 260 Å². The van der Waals surface area contributed by atoms with Gasteiger partial charge in [-0.25, -0.2) is 13.8 Å². The molecule has 1 N–H and O–H groups in total. The highest BCUT2D eigenvalue weighted by molar-refractivity contribution is 6.31. The van der Waals surface area contributed by atoms with Crippen molar-refractivity contribution >= 4 is 28.3 Å². The summed E-state index contributed by atoms with van der Waals surface area (Å²) in [6.45, 7) is 7.36. The van der Waals surface area contributed by atoms with Gasteiger partial charge >= 0.3 is 12.2 Å². The molecule has 1 aromatic carbocycles. The summed E-state index contributed by atoms with van der Waals surface area (Å²) in [4.78, 5) is 17.6. The number of nitrogens with zero attached hydrogens (tertiary/aromatic N) is 5. The number of hydrogen-bond acceptors (Lipinski definition) is 8. The second kappa shape index (κ2) is 10.1. The van der Waals surface area contributed by atoms with Crippen molar-refractivity contribution in [1.29, 1.82) is 0 Å². The number of rotatable bonds is 4. The van der Waals surface area contributed by atoms with Gasteiger partial charge in [0.05, 0.1) is 22.2 Å². The summed E-state index contributed by atoms with van der Waals surface area (Å²) in [6, 6.07) is 3.37. The van der Waals surface area contributed by atoms with E-state index < -0.39 is 51.7 Å². The molecular formula is C31H30ClF5N6O2. The quantitative estimate of drug-likeness (QED) is 0.285. The van der Waals surface area contributed by atoms with E-state index in [-0.39, 0.29) is 60.5 Å². The van der Waals surface area contributed by atoms with Crippen LogP contribution in [0.3, 0.4) is 0 Å². The molecule has 8 nitrogen and oxygen atoms in total. The molecule has 4 fully saturated rings. The molecule has 0 aliphatic carbocycles. The van der Waals surface area contributed by atoms with E-state index in [2.05, 4.69) is 26.8 Å². The van der Waals surface area contributed by atoms with Gasteiger partial charge in [0.25, 0.3) is 0 Å². The summed E-state index contributed by atoms with van der Waals surface area (Å²) < 4.78 is 86.4. The predicted octanol–water partition coefficient (Wildman–Crippen LogP) is 5.71. The van der Waals surface area contributed by atoms with Crippen LogP contribution in [0.1, 0.15) is 38.2 Å². The van der Waals surface area contributed by atoms with Crippen molar-refractivity contribution in [2.45, 2.75) is 74.7 Å². The molecule has 0 spiro atoms. The number of alkyl halides is 4. The Bertz CT molecular complexity index is 1740. The van der Waals surface area contributed by atoms with Crippen LogP contribution in [0.5, 0.6) is 11.9 Å². The summed E-state index contributed by atoms with van der Waals surface area (Å²) in [5.41, 5.74) is -2.28. The SMILES string of the molecule is C=C1CN2C[C@H](F)CC2(COc2nc3c4c(nc(-c5cccc(Cl)c5C(F)(F)F)c(F)c4n2)O[C@@H](C)[C@@H]2[C@@H]4CC[C@H](CN32)N4)C1. The minimum Gasteiger partial charge on any atom is -0.472 e. The number of ether oxygens (including phenoxy) is 2. The number of benzene rings is 1. The molecule has 8 rings (SSSR count). The van der Waals surface area contributed by atoms with Gasteiger partial charge in [0, 0.05) is 43.7 Å². The van der Waals surface area contributed by atoms with Gasteiger partial charge in [0.1, 0.15) is 41.3 Å². The van der Waals surface area contributed by atoms with Gasteiger partial charge in [-0.15, -0.1) is 0 Å². The lowest BCUT2D eigenvalue weighted by molar-refractivity contribution is -0.137. The van der Waals surface area contributed by atoms with E-state index in [1.54, 1.807) is 0 Å². The van der Waals surface area contributed by atoms with Crippen LogP contribution in [0.25, 0.3) is 22.2 Å². The normalized spacial score (nSPS) is 30.8. The lowest BCUT2D eigenvalue weighted by Crippen LogP contribution is -2.62. The minimum atomic E-state index is -4.89. The molecule has 1 unspecified atom stereocenters. The van der Waals surface area contributed by atoms with Crippen molar-refractivity contribution in [3.8, 4) is 23.1 Å². The van der Waals surface area contributed by atoms with E-state index >= 15 is 4.39 Å². The standard InChI is InChI=1S/C31H30ClF5N6O2/c1-14-8-30(9-16(33)11-42(30)10-14)13-44-29-40-25-21-27(41-29)43-12-17-6-7-20(38-17)26(43)15(2)45-28(21)39-24(23(25)34)18-4-3-5-19(32)22(18)31(35,36)37/h3-5,15-17,20,26,38H,1,6-13H2,2H3/t15-,16+,17+,20-,26+,30?/m0/s1. The number of nitrogens with one attached hydrogen (secondary N) is 1. The van der Waals surface area contributed by atoms with Crippen molar-refractivity contribution in [2.24, 2.45) is 0 Å². The lowest BCUT2D eigenvalue weighted by atomic mass is 9.93. The maximum Gasteiger partial charge on any atom is 0.418 e. The first-order valence-electron chi connectivity index (χ1n) is 15.1. The zero-order valence-electron chi connectivity index (χ0n) is 24.3. The fraction of sp³-hybridized carbons (Fsp3) is 0.516. The highest BCUT2D eigenvalue weighted by Gasteiger charge is 2.51. The Kier molecular flexibility index (Phi) is 6.54. The Morgan fingerprint density at radius 1 is 1.20 bits per heavy atom. The van der Waals surface area contributed by atoms with Crippen molar-refractivity contribution in [3.63, 3.8) is 0 Å². The van der Waals surface area contributed by atoms with Crippen LogP contribution in [0.15, 0.2) is 30.4 Å². The first kappa shape index (κ1) is 29.1. The van der Waals surface area contributed by atoms with Gasteiger partial charge in [-0.1, -0.05) is 35.9 Å². The Balaban J connectivity index is 1.31. The number of aromatic nitrogens is 3. The molecule has 0 saturated carbocycles. The fourth-order valence-electron chi connectivity index (χ4n) is 8.19. The lowest BCUT2D eigenvalue weighted by Gasteiger charge is -2.42. The first-order chi connectivity index (χ1) is 21.4. The van der Waals surface area contributed by atoms with Crippen molar-refractivity contribution < 1.29 is 31.4 Å². The molecule has 4 saturated heterocycles. The average molecular weight is 649 g/mol. The predicted molar refractivity (Wildman–Crippen MR) is 157 cm³/mol. The van der Waals surface area contributed by atoms with Gasteiger partial charge in [0.15, 0.2) is 5.82 Å². The number of anilines is 1. The van der Waals surface area contributed by atoms with E-state index in [1.165, 1.54) is 6.07 Å². The van der Waals surface area contributed by atoms with Crippen molar-refractivity contribution in [3.05, 3.63) is 46.8 Å². The molecule has 14 heteroatoms. The molecule has 5 aliphatic rings. The molecule has 45 heavy (non-hydrogen) atoms. The molecule has 238 valence electrons. The van der Waals surface area contributed by atoms with Gasteiger partial charge in [-0.2, -0.15) is 23.1 Å². The first-order valence-corrected chi connectivity index (χ1v) is 15.4. The molecule has 2 aromatic heterocycles. The molecule has 3 aromatic rings. The topological polar surface area (TPSA) is 75.6 Å². The number of hydrogen-bond donors (Lipinski definition) is 1. The fourth-order valence-corrected chi connectivity index (χ4v) is 8.47. The van der Waals surface area contributed by atoms with Crippen LogP contribution in [-0.2, 0) is 6.18 Å². The second-order valence-corrected chi connectivity index (χ2v) is 13.3. The Hall–Kier alpha value is -3.29. The highest BCUT2D eigenvalue weighted by atomic mass is 35.5. The average Bonchev–Trinajstić information content (AvgIpc) is 3.56. The van der Waals surface area contributed by atoms with Crippen molar-refractivity contribution in [2.75, 3.05) is 31.1 Å². The van der Waals surface area contributed by atoms with Crippen molar-refractivity contribution in [1.82, 2.24) is 25.2 Å². The van der Waals surface area contributed by atoms with E-state index in [1.807, 2.05) is 11.8 Å². The van der Waals surface area contributed by atoms with E-state index in [4.69, 9.17) is 26.1 Å². The van der Waals surface area contributed by atoms with E-state index in [9.17, 15) is 17.6 Å². The maximum atomic E-state index is 16.7. The number of halogens is 6. The maximum absolute atomic E-state index is 16.7. The Morgan fingerprint density at radius 2 is 2.02 bits per heavy atom. The van der Waals surface area contributed by atoms with Gasteiger partial charge < -0.3 is 19.7 Å². The summed E-state index contributed by atoms with van der Waals surface area (Å²) in [5, 5.41) is 3.19. The van der Waals surface area contributed by atoms with Crippen LogP contribution in [0.2, 0.25) is 5.02 Å². The molecule has 0 amide bonds. The van der Waals surface area contributed by atoms with E-state index in [0.29, 0.717) is 25.3 Å². The summed E-state index contributed by atoms with van der Waals surface area (Å²) in [6.07, 6.45) is -3.75. The zero-order chi connectivity index (χ0) is 31.4. The van der Waals surface area contributed by atoms with Gasteiger partial charge in [-0.05, 0) is 32.3 Å². The van der Waals surface area contributed by atoms with Gasteiger partial charge in [0.2, 0.25) is 5.88 Å². The largest absolute Gasteiger partial charge is 0.472 e. The molecule has 2 bridgehead atoms. The number of piperazine rings is 1. The summed E-state index contributed by atoms with van der Waals surface area (Å²) >= 11 is 6.01. The smallest absolute Gasteiger partial charge is 0.418 e. The zero-order valence-corrected chi connectivity index (χ0v) is 25.1. The minimum absolute atomic E-state index is 0.0411. The molecule has 5 aliphatic heterocycles. The van der Waals surface area contributed by atoms with Crippen LogP contribution in [0.4, 0.5) is 27.8 Å². The Morgan fingerprint density at radius 3 is 2.82 bits per heavy atom. The van der Waals surface area contributed by atoms with Crippen LogP contribution >= 0.6 is 11.6 Å². The summed E-state index contributed by atoms with van der Waals surface area (Å²) in [7, 11) is 0. The highest BCUT2D eigenvalue weighted by Crippen LogP contribution is 2.47. The third-order valence-corrected chi connectivity index (χ3v) is 10.2. The third kappa shape index (κ3) is 4.56. The van der Waals surface area contributed by atoms with Gasteiger partial charge in [-0.3, -0.25) is 4.90 Å². The number of fused-ring (bicyclic) bond motifs is 6. The monoisotopic (exact) mass is 648 g/mol. The van der Waals surface area contributed by atoms with E-state index in [0.717, 1.165) is 30.5 Å².